The molecule has 2 aromatic rings. The van der Waals surface area contributed by atoms with Crippen molar-refractivity contribution in [3.05, 3.63) is 41.5 Å². The fourth-order valence-electron chi connectivity index (χ4n) is 3.92. The number of aromatic hydroxyl groups is 4. The second kappa shape index (κ2) is 8.62. The van der Waals surface area contributed by atoms with Crippen LogP contribution >= 0.6 is 0 Å². The number of aliphatic hydroxyl groups excluding tert-OH is 4. The van der Waals surface area contributed by atoms with Crippen molar-refractivity contribution < 1.29 is 55.1 Å². The Morgan fingerprint density at radius 1 is 0.875 bits per heavy atom. The van der Waals surface area contributed by atoms with Crippen LogP contribution in [0.3, 0.4) is 0 Å². The summed E-state index contributed by atoms with van der Waals surface area (Å²) in [6, 6.07) is 6.38. The van der Waals surface area contributed by atoms with Crippen LogP contribution in [-0.4, -0.2) is 84.3 Å². The first-order valence-electron chi connectivity index (χ1n) is 9.89. The van der Waals surface area contributed by atoms with E-state index in [1.54, 1.807) is 0 Å². The van der Waals surface area contributed by atoms with Crippen LogP contribution < -0.4 is 4.74 Å². The van der Waals surface area contributed by atoms with Crippen molar-refractivity contribution in [2.24, 2.45) is 0 Å². The van der Waals surface area contributed by atoms with Gasteiger partial charge in [-0.2, -0.15) is 0 Å². The first kappa shape index (κ1) is 22.4. The van der Waals surface area contributed by atoms with E-state index in [4.69, 9.17) is 14.2 Å². The quantitative estimate of drug-likeness (QED) is 0.276. The topological polar surface area (TPSA) is 190 Å². The molecule has 2 aliphatic heterocycles. The largest absolute Gasteiger partial charge is 0.508 e. The van der Waals surface area contributed by atoms with Gasteiger partial charge in [0.15, 0.2) is 23.9 Å². The molecule has 1 saturated heterocycles. The van der Waals surface area contributed by atoms with Crippen LogP contribution in [-0.2, 0) is 15.9 Å². The fourth-order valence-corrected chi connectivity index (χ4v) is 3.92. The van der Waals surface area contributed by atoms with Crippen molar-refractivity contribution in [3.8, 4) is 28.7 Å². The molecule has 174 valence electrons. The van der Waals surface area contributed by atoms with Gasteiger partial charge < -0.3 is 55.1 Å². The number of phenols is 4. The van der Waals surface area contributed by atoms with Gasteiger partial charge in [0.1, 0.15) is 47.8 Å². The standard InChI is InChI=1S/C21H24O11/c22-7-16-17(27)18(28)19(29)21(32-16)31-15-6-10-12(25)4-9(23)5-14(10)30-20(15)8-1-2-11(24)13(26)3-8/h1-5,15-29H,6-7H2/t15?,16-,17-,18+,19-,20?,21+/m1/s1. The number of benzene rings is 2. The summed E-state index contributed by atoms with van der Waals surface area (Å²) in [7, 11) is 0. The second-order valence-electron chi connectivity index (χ2n) is 7.80. The Hall–Kier alpha value is -2.80. The normalized spacial score (nSPS) is 32.2. The Labute approximate surface area is 181 Å². The number of rotatable bonds is 4. The molecule has 0 radical (unpaired) electrons. The Kier molecular flexibility index (Phi) is 6.03. The lowest BCUT2D eigenvalue weighted by Gasteiger charge is -2.43. The predicted molar refractivity (Wildman–Crippen MR) is 105 cm³/mol. The van der Waals surface area contributed by atoms with Gasteiger partial charge in [-0.05, 0) is 17.7 Å². The van der Waals surface area contributed by atoms with Gasteiger partial charge in [0.25, 0.3) is 0 Å². The van der Waals surface area contributed by atoms with Crippen molar-refractivity contribution >= 4 is 0 Å². The lowest BCUT2D eigenvalue weighted by atomic mass is 9.93. The average molecular weight is 452 g/mol. The van der Waals surface area contributed by atoms with Gasteiger partial charge in [-0.3, -0.25) is 0 Å². The Bertz CT molecular complexity index is 978. The van der Waals surface area contributed by atoms with Gasteiger partial charge in [-0.15, -0.1) is 0 Å². The SMILES string of the molecule is OC[C@H]1O[C@H](OC2Cc3c(O)cc(O)cc3OC2c2ccc(O)c(O)c2)[C@H](O)[C@@H](O)[C@@H]1O. The summed E-state index contributed by atoms with van der Waals surface area (Å²) in [6.45, 7) is -0.635. The Morgan fingerprint density at radius 2 is 1.62 bits per heavy atom. The molecule has 2 aromatic carbocycles. The Balaban J connectivity index is 1.68. The smallest absolute Gasteiger partial charge is 0.187 e. The molecule has 4 rings (SSSR count). The predicted octanol–water partition coefficient (Wildman–Crippen LogP) is -0.630. The summed E-state index contributed by atoms with van der Waals surface area (Å²) in [5, 5.41) is 79.4. The lowest BCUT2D eigenvalue weighted by molar-refractivity contribution is -0.317. The molecule has 7 atom stereocenters. The second-order valence-corrected chi connectivity index (χ2v) is 7.80. The molecule has 0 saturated carbocycles. The minimum Gasteiger partial charge on any atom is -0.508 e. The summed E-state index contributed by atoms with van der Waals surface area (Å²) in [4.78, 5) is 0. The third-order valence-electron chi connectivity index (χ3n) is 5.65. The maximum atomic E-state index is 10.3. The van der Waals surface area contributed by atoms with Crippen molar-refractivity contribution in [1.82, 2.24) is 0 Å². The van der Waals surface area contributed by atoms with Crippen LogP contribution in [0, 0.1) is 0 Å². The Morgan fingerprint density at radius 3 is 2.31 bits per heavy atom. The molecule has 0 spiro atoms. The molecule has 2 unspecified atom stereocenters. The van der Waals surface area contributed by atoms with E-state index in [0.717, 1.165) is 6.07 Å². The first-order valence-corrected chi connectivity index (χ1v) is 9.89. The number of hydrogen-bond acceptors (Lipinski definition) is 11. The highest BCUT2D eigenvalue weighted by Crippen LogP contribution is 2.44. The molecule has 8 N–H and O–H groups in total. The van der Waals surface area contributed by atoms with Crippen LogP contribution in [0.25, 0.3) is 0 Å². The van der Waals surface area contributed by atoms with Crippen molar-refractivity contribution in [1.29, 1.82) is 0 Å². The molecule has 0 aromatic heterocycles. The van der Waals surface area contributed by atoms with Crippen molar-refractivity contribution in [2.75, 3.05) is 6.61 Å². The first-order chi connectivity index (χ1) is 15.2. The highest BCUT2D eigenvalue weighted by atomic mass is 16.7. The van der Waals surface area contributed by atoms with Crippen molar-refractivity contribution in [2.45, 2.75) is 49.3 Å². The van der Waals surface area contributed by atoms with Gasteiger partial charge in [-0.25, -0.2) is 0 Å². The molecule has 11 heteroatoms. The van der Waals surface area contributed by atoms with E-state index in [9.17, 15) is 40.9 Å². The zero-order chi connectivity index (χ0) is 23.2. The van der Waals surface area contributed by atoms with E-state index in [2.05, 4.69) is 0 Å². The maximum Gasteiger partial charge on any atom is 0.187 e. The molecular weight excluding hydrogens is 428 g/mol. The van der Waals surface area contributed by atoms with Gasteiger partial charge in [0, 0.05) is 24.1 Å². The molecule has 0 aliphatic carbocycles. The zero-order valence-corrected chi connectivity index (χ0v) is 16.6. The number of ether oxygens (including phenoxy) is 3. The van der Waals surface area contributed by atoms with Crippen LogP contribution in [0.4, 0.5) is 0 Å². The molecule has 2 aliphatic rings. The molecule has 1 fully saturated rings. The number of phenolic OH excluding ortho intramolecular Hbond substituents is 4. The number of hydrogen-bond donors (Lipinski definition) is 8. The van der Waals surface area contributed by atoms with Gasteiger partial charge in [0.05, 0.1) is 6.61 Å². The van der Waals surface area contributed by atoms with Gasteiger partial charge in [0.2, 0.25) is 0 Å². The van der Waals surface area contributed by atoms with E-state index in [1.165, 1.54) is 24.3 Å². The molecule has 2 heterocycles. The fraction of sp³-hybridized carbons (Fsp3) is 0.429. The van der Waals surface area contributed by atoms with Crippen LogP contribution in [0.1, 0.15) is 17.2 Å². The van der Waals surface area contributed by atoms with Crippen LogP contribution in [0.15, 0.2) is 30.3 Å². The average Bonchev–Trinajstić information content (AvgIpc) is 2.76. The van der Waals surface area contributed by atoms with E-state index in [-0.39, 0.29) is 29.4 Å². The lowest BCUT2D eigenvalue weighted by Crippen LogP contribution is -2.60. The third-order valence-corrected chi connectivity index (χ3v) is 5.65. The van der Waals surface area contributed by atoms with Gasteiger partial charge >= 0.3 is 0 Å². The number of fused-ring (bicyclic) bond motifs is 1. The maximum absolute atomic E-state index is 10.3. The van der Waals surface area contributed by atoms with Crippen LogP contribution in [0.2, 0.25) is 0 Å². The van der Waals surface area contributed by atoms with Crippen LogP contribution in [0.5, 0.6) is 28.7 Å². The summed E-state index contributed by atoms with van der Waals surface area (Å²) in [6.07, 6.45) is -9.41. The minimum atomic E-state index is -1.66. The highest BCUT2D eigenvalue weighted by molar-refractivity contribution is 5.52. The van der Waals surface area contributed by atoms with E-state index in [1.807, 2.05) is 0 Å². The highest BCUT2D eigenvalue weighted by Gasteiger charge is 2.46. The van der Waals surface area contributed by atoms with E-state index in [0.29, 0.717) is 11.1 Å². The molecule has 11 nitrogen and oxygen atoms in total. The summed E-state index contributed by atoms with van der Waals surface area (Å²) in [5.41, 5.74) is 0.667. The summed E-state index contributed by atoms with van der Waals surface area (Å²) < 4.78 is 17.2. The third kappa shape index (κ3) is 4.01. The van der Waals surface area contributed by atoms with E-state index < -0.39 is 55.3 Å². The molecule has 0 amide bonds. The summed E-state index contributed by atoms with van der Waals surface area (Å²) >= 11 is 0. The molecular formula is C21H24O11. The monoisotopic (exact) mass is 452 g/mol. The van der Waals surface area contributed by atoms with E-state index >= 15 is 0 Å². The molecule has 0 bridgehead atoms. The number of aliphatic hydroxyl groups is 4. The van der Waals surface area contributed by atoms with Gasteiger partial charge in [-0.1, -0.05) is 6.07 Å². The zero-order valence-electron chi connectivity index (χ0n) is 16.6. The van der Waals surface area contributed by atoms with Crippen molar-refractivity contribution in [3.63, 3.8) is 0 Å². The molecule has 32 heavy (non-hydrogen) atoms. The summed E-state index contributed by atoms with van der Waals surface area (Å²) in [5.74, 6) is -1.10. The minimum absolute atomic E-state index is 0.0166.